The lowest BCUT2D eigenvalue weighted by Gasteiger charge is -2.41. The van der Waals surface area contributed by atoms with Crippen LogP contribution in [0.25, 0.3) is 22.6 Å². The van der Waals surface area contributed by atoms with Crippen LogP contribution in [0.5, 0.6) is 0 Å². The fourth-order valence-electron chi connectivity index (χ4n) is 4.92. The molecule has 5 heterocycles. The highest BCUT2D eigenvalue weighted by molar-refractivity contribution is 5.88. The third-order valence-electron chi connectivity index (χ3n) is 6.78. The lowest BCUT2D eigenvalue weighted by molar-refractivity contribution is -0.139. The minimum Gasteiger partial charge on any atom is -0.378 e. The molecule has 2 fully saturated rings. The first kappa shape index (κ1) is 25.9. The number of ether oxygens (including phenoxy) is 1. The van der Waals surface area contributed by atoms with Gasteiger partial charge in [0.05, 0.1) is 18.8 Å². The molecule has 2 N–H and O–H groups in total. The highest BCUT2D eigenvalue weighted by atomic mass is 19.4. The summed E-state index contributed by atoms with van der Waals surface area (Å²) in [4.78, 5) is 39.5. The van der Waals surface area contributed by atoms with Crippen molar-refractivity contribution in [3.63, 3.8) is 0 Å². The average molecular weight is 535 g/mol. The molecule has 38 heavy (non-hydrogen) atoms. The van der Waals surface area contributed by atoms with Gasteiger partial charge in [-0.05, 0) is 6.42 Å². The van der Waals surface area contributed by atoms with E-state index in [0.717, 1.165) is 4.57 Å². The number of alkyl halides is 3. The summed E-state index contributed by atoms with van der Waals surface area (Å²) in [6.45, 7) is 5.17. The van der Waals surface area contributed by atoms with Gasteiger partial charge >= 0.3 is 6.18 Å². The number of hydrogen-bond acceptors (Lipinski definition) is 10. The van der Waals surface area contributed by atoms with Gasteiger partial charge in [-0.25, -0.2) is 24.9 Å². The van der Waals surface area contributed by atoms with Crippen LogP contribution in [-0.2, 0) is 16.1 Å². The Morgan fingerprint density at radius 3 is 2.42 bits per heavy atom. The number of amides is 1. The number of rotatable bonds is 5. The van der Waals surface area contributed by atoms with Gasteiger partial charge in [-0.15, -0.1) is 0 Å². The van der Waals surface area contributed by atoms with Gasteiger partial charge < -0.3 is 25.2 Å². The molecule has 0 spiro atoms. The molecule has 2 aliphatic rings. The standard InChI is InChI=1S/C23H29F3N10O2/c1-3-16-12-34(4-5-35(16)14(2)37)22-30-17-19(33-6-8-38-9-7-33)31-18(15-10-28-21(27)29-11-15)32-20(17)36(22)13-23(24,25)26/h10-11,16H,3-9,12-13H2,1-2H3,(H2,27,28,29)/t16-/m0/s1. The Morgan fingerprint density at radius 2 is 1.79 bits per heavy atom. The number of aromatic nitrogens is 6. The summed E-state index contributed by atoms with van der Waals surface area (Å²) in [5, 5.41) is 0. The molecule has 2 aliphatic heterocycles. The van der Waals surface area contributed by atoms with Gasteiger partial charge in [-0.3, -0.25) is 9.36 Å². The third-order valence-corrected chi connectivity index (χ3v) is 6.78. The first-order valence-corrected chi connectivity index (χ1v) is 12.4. The SMILES string of the molecule is CC[C@H]1CN(c2nc3c(N4CCOCC4)nc(-c4cnc(N)nc4)nc3n2CC(F)(F)F)CCN1C(C)=O. The lowest BCUT2D eigenvalue weighted by atomic mass is 10.1. The number of carbonyl (C=O) groups is 1. The predicted molar refractivity (Wildman–Crippen MR) is 134 cm³/mol. The fourth-order valence-corrected chi connectivity index (χ4v) is 4.92. The van der Waals surface area contributed by atoms with Crippen molar-refractivity contribution in [3.8, 4) is 11.4 Å². The molecule has 1 amide bonds. The van der Waals surface area contributed by atoms with Crippen LogP contribution in [-0.4, -0.2) is 98.4 Å². The van der Waals surface area contributed by atoms with Crippen LogP contribution in [0.2, 0.25) is 0 Å². The molecule has 0 aromatic carbocycles. The maximum absolute atomic E-state index is 13.9. The zero-order chi connectivity index (χ0) is 27.0. The van der Waals surface area contributed by atoms with E-state index in [1.807, 2.05) is 11.8 Å². The lowest BCUT2D eigenvalue weighted by Crippen LogP contribution is -2.55. The topological polar surface area (TPSA) is 131 Å². The number of halogens is 3. The molecule has 0 aliphatic carbocycles. The van der Waals surface area contributed by atoms with E-state index in [0.29, 0.717) is 63.7 Å². The monoisotopic (exact) mass is 534 g/mol. The second-order valence-electron chi connectivity index (χ2n) is 9.31. The number of carbonyl (C=O) groups excluding carboxylic acids is 1. The summed E-state index contributed by atoms with van der Waals surface area (Å²) >= 11 is 0. The number of nitrogen functional groups attached to an aromatic ring is 1. The Bertz CT molecular complexity index is 1310. The number of nitrogens with two attached hydrogens (primary N) is 1. The zero-order valence-corrected chi connectivity index (χ0v) is 21.1. The van der Waals surface area contributed by atoms with Crippen LogP contribution in [0, 0.1) is 0 Å². The number of hydrogen-bond donors (Lipinski definition) is 1. The van der Waals surface area contributed by atoms with Crippen LogP contribution >= 0.6 is 0 Å². The van der Waals surface area contributed by atoms with Gasteiger partial charge in [0.25, 0.3) is 0 Å². The Labute approximate surface area is 216 Å². The molecule has 5 rings (SSSR count). The van der Waals surface area contributed by atoms with E-state index < -0.39 is 12.7 Å². The second kappa shape index (κ2) is 10.2. The van der Waals surface area contributed by atoms with E-state index in [1.165, 1.54) is 19.3 Å². The van der Waals surface area contributed by atoms with E-state index in [4.69, 9.17) is 20.4 Å². The Hall–Kier alpha value is -3.75. The summed E-state index contributed by atoms with van der Waals surface area (Å²) in [5.41, 5.74) is 6.36. The number of imidazole rings is 1. The maximum atomic E-state index is 13.9. The Balaban J connectivity index is 1.68. The van der Waals surface area contributed by atoms with E-state index in [-0.39, 0.29) is 40.8 Å². The summed E-state index contributed by atoms with van der Waals surface area (Å²) in [6.07, 6.45) is -0.992. The first-order chi connectivity index (χ1) is 18.1. The summed E-state index contributed by atoms with van der Waals surface area (Å²) in [7, 11) is 0. The quantitative estimate of drug-likeness (QED) is 0.516. The smallest absolute Gasteiger partial charge is 0.378 e. The summed E-state index contributed by atoms with van der Waals surface area (Å²) < 4.78 is 48.3. The number of piperazine rings is 1. The average Bonchev–Trinajstić information content (AvgIpc) is 3.25. The number of morpholine rings is 1. The van der Waals surface area contributed by atoms with Gasteiger partial charge in [0.1, 0.15) is 6.54 Å². The van der Waals surface area contributed by atoms with Crippen molar-refractivity contribution < 1.29 is 22.7 Å². The van der Waals surface area contributed by atoms with Crippen molar-refractivity contribution in [1.29, 1.82) is 0 Å². The molecule has 3 aromatic rings. The molecule has 15 heteroatoms. The largest absolute Gasteiger partial charge is 0.406 e. The van der Waals surface area contributed by atoms with Crippen molar-refractivity contribution >= 4 is 34.8 Å². The van der Waals surface area contributed by atoms with Gasteiger partial charge in [-0.2, -0.15) is 13.2 Å². The van der Waals surface area contributed by atoms with Gasteiger partial charge in [-0.1, -0.05) is 6.92 Å². The van der Waals surface area contributed by atoms with E-state index in [1.54, 1.807) is 9.80 Å². The van der Waals surface area contributed by atoms with Crippen LogP contribution in [0.15, 0.2) is 12.4 Å². The van der Waals surface area contributed by atoms with Crippen molar-refractivity contribution in [3.05, 3.63) is 12.4 Å². The maximum Gasteiger partial charge on any atom is 0.406 e. The minimum absolute atomic E-state index is 0.0580. The molecule has 3 aromatic heterocycles. The molecule has 0 radical (unpaired) electrons. The van der Waals surface area contributed by atoms with Crippen molar-refractivity contribution in [2.45, 2.75) is 39.0 Å². The molecule has 12 nitrogen and oxygen atoms in total. The number of nitrogens with zero attached hydrogens (tertiary/aromatic N) is 9. The van der Waals surface area contributed by atoms with E-state index in [9.17, 15) is 18.0 Å². The minimum atomic E-state index is -4.53. The van der Waals surface area contributed by atoms with Gasteiger partial charge in [0.15, 0.2) is 22.8 Å². The molecule has 204 valence electrons. The number of fused-ring (bicyclic) bond motifs is 1. The van der Waals surface area contributed by atoms with Crippen LogP contribution in [0.4, 0.5) is 30.9 Å². The van der Waals surface area contributed by atoms with Crippen LogP contribution in [0.3, 0.4) is 0 Å². The molecular weight excluding hydrogens is 505 g/mol. The van der Waals surface area contributed by atoms with E-state index in [2.05, 4.69) is 15.0 Å². The van der Waals surface area contributed by atoms with Crippen molar-refractivity contribution in [2.75, 3.05) is 61.5 Å². The van der Waals surface area contributed by atoms with Crippen molar-refractivity contribution in [1.82, 2.24) is 34.4 Å². The molecule has 0 saturated carbocycles. The predicted octanol–water partition coefficient (Wildman–Crippen LogP) is 1.71. The zero-order valence-electron chi connectivity index (χ0n) is 21.1. The van der Waals surface area contributed by atoms with Crippen LogP contribution in [0.1, 0.15) is 20.3 Å². The van der Waals surface area contributed by atoms with Gasteiger partial charge in [0, 0.05) is 58.1 Å². The molecular formula is C23H29F3N10O2. The van der Waals surface area contributed by atoms with E-state index >= 15 is 0 Å². The molecule has 2 saturated heterocycles. The summed E-state index contributed by atoms with van der Waals surface area (Å²) in [6, 6.07) is -0.146. The third kappa shape index (κ3) is 5.14. The first-order valence-electron chi connectivity index (χ1n) is 12.4. The highest BCUT2D eigenvalue weighted by Gasteiger charge is 2.36. The molecule has 0 bridgehead atoms. The fraction of sp³-hybridized carbons (Fsp3) is 0.565. The van der Waals surface area contributed by atoms with Crippen molar-refractivity contribution in [2.24, 2.45) is 0 Å². The summed E-state index contributed by atoms with van der Waals surface area (Å²) in [5.74, 6) is 0.732. The Morgan fingerprint density at radius 1 is 1.08 bits per heavy atom. The highest BCUT2D eigenvalue weighted by Crippen LogP contribution is 2.34. The molecule has 1 atom stereocenters. The second-order valence-corrected chi connectivity index (χ2v) is 9.31. The molecule has 0 unspecified atom stereocenters. The normalized spacial score (nSPS) is 18.9. The number of anilines is 3. The van der Waals surface area contributed by atoms with Gasteiger partial charge in [0.2, 0.25) is 17.8 Å². The van der Waals surface area contributed by atoms with Crippen LogP contribution < -0.4 is 15.5 Å². The Kier molecular flexibility index (Phi) is 6.94.